The summed E-state index contributed by atoms with van der Waals surface area (Å²) in [5.74, 6) is 0.552. The van der Waals surface area contributed by atoms with E-state index < -0.39 is 0 Å². The molecule has 1 saturated heterocycles. The first kappa shape index (κ1) is 11.5. The molecule has 0 spiro atoms. The third kappa shape index (κ3) is 3.32. The van der Waals surface area contributed by atoms with Gasteiger partial charge in [0.1, 0.15) is 0 Å². The van der Waals surface area contributed by atoms with Gasteiger partial charge >= 0.3 is 0 Å². The number of rotatable bonds is 5. The van der Waals surface area contributed by atoms with Crippen molar-refractivity contribution < 1.29 is 4.79 Å². The molecule has 1 rings (SSSR count). The number of carbonyl (C=O) groups is 1. The van der Waals surface area contributed by atoms with Gasteiger partial charge in [0.2, 0.25) is 5.91 Å². The molecule has 1 fully saturated rings. The SMILES string of the molecule is CCCCC(C)(C)CC1CCNC1=O. The number of amides is 1. The molecule has 0 aromatic carbocycles. The molecule has 1 atom stereocenters. The van der Waals surface area contributed by atoms with Crippen LogP contribution in [0.15, 0.2) is 0 Å². The summed E-state index contributed by atoms with van der Waals surface area (Å²) in [4.78, 5) is 11.4. The van der Waals surface area contributed by atoms with E-state index >= 15 is 0 Å². The second-order valence-corrected chi connectivity index (χ2v) is 5.25. The molecule has 2 heteroatoms. The van der Waals surface area contributed by atoms with E-state index in [1.807, 2.05) is 0 Å². The summed E-state index contributed by atoms with van der Waals surface area (Å²) in [7, 11) is 0. The van der Waals surface area contributed by atoms with E-state index in [-0.39, 0.29) is 11.8 Å². The van der Waals surface area contributed by atoms with E-state index in [1.54, 1.807) is 0 Å². The third-order valence-electron chi connectivity index (χ3n) is 3.17. The molecule has 1 aliphatic heterocycles. The van der Waals surface area contributed by atoms with Gasteiger partial charge in [0, 0.05) is 12.5 Å². The van der Waals surface area contributed by atoms with Crippen molar-refractivity contribution in [2.75, 3.05) is 6.54 Å². The molecule has 0 saturated carbocycles. The van der Waals surface area contributed by atoms with Gasteiger partial charge in [-0.3, -0.25) is 4.79 Å². The van der Waals surface area contributed by atoms with Crippen molar-refractivity contribution in [2.24, 2.45) is 11.3 Å². The van der Waals surface area contributed by atoms with Crippen LogP contribution in [0.1, 0.15) is 52.9 Å². The maximum atomic E-state index is 11.4. The highest BCUT2D eigenvalue weighted by Gasteiger charge is 2.30. The summed E-state index contributed by atoms with van der Waals surface area (Å²) in [5.41, 5.74) is 0.336. The first-order chi connectivity index (χ1) is 6.55. The van der Waals surface area contributed by atoms with E-state index in [1.165, 1.54) is 19.3 Å². The van der Waals surface area contributed by atoms with E-state index in [0.717, 1.165) is 19.4 Å². The summed E-state index contributed by atoms with van der Waals surface area (Å²) in [6.07, 6.45) is 5.86. The van der Waals surface area contributed by atoms with Gasteiger partial charge in [-0.1, -0.05) is 33.6 Å². The standard InChI is InChI=1S/C12H23NO/c1-4-5-7-12(2,3)9-10-6-8-13-11(10)14/h10H,4-9H2,1-3H3,(H,13,14). The summed E-state index contributed by atoms with van der Waals surface area (Å²) in [6.45, 7) is 7.67. The van der Waals surface area contributed by atoms with Crippen LogP contribution >= 0.6 is 0 Å². The smallest absolute Gasteiger partial charge is 0.223 e. The number of carbonyl (C=O) groups excluding carboxylic acids is 1. The van der Waals surface area contributed by atoms with Gasteiger partial charge in [-0.15, -0.1) is 0 Å². The Morgan fingerprint density at radius 3 is 2.71 bits per heavy atom. The minimum absolute atomic E-state index is 0.273. The van der Waals surface area contributed by atoms with Gasteiger partial charge in [-0.05, 0) is 24.7 Å². The first-order valence-corrected chi connectivity index (χ1v) is 5.83. The lowest BCUT2D eigenvalue weighted by Gasteiger charge is -2.26. The van der Waals surface area contributed by atoms with Crippen LogP contribution in [0.5, 0.6) is 0 Å². The van der Waals surface area contributed by atoms with Crippen LogP contribution in [-0.4, -0.2) is 12.5 Å². The predicted molar refractivity (Wildman–Crippen MR) is 59.0 cm³/mol. The maximum absolute atomic E-state index is 11.4. The van der Waals surface area contributed by atoms with Crippen molar-refractivity contribution in [3.63, 3.8) is 0 Å². The summed E-state index contributed by atoms with van der Waals surface area (Å²) < 4.78 is 0. The molecule has 0 aromatic heterocycles. The molecular formula is C12H23NO. The molecular weight excluding hydrogens is 174 g/mol. The quantitative estimate of drug-likeness (QED) is 0.721. The number of hydrogen-bond acceptors (Lipinski definition) is 1. The normalized spacial score (nSPS) is 22.5. The van der Waals surface area contributed by atoms with Crippen LogP contribution in [0.4, 0.5) is 0 Å². The molecule has 0 aromatic rings. The highest BCUT2D eigenvalue weighted by Crippen LogP contribution is 2.33. The summed E-state index contributed by atoms with van der Waals surface area (Å²) in [6, 6.07) is 0. The highest BCUT2D eigenvalue weighted by molar-refractivity contribution is 5.80. The first-order valence-electron chi connectivity index (χ1n) is 5.83. The lowest BCUT2D eigenvalue weighted by molar-refractivity contribution is -0.123. The topological polar surface area (TPSA) is 29.1 Å². The van der Waals surface area contributed by atoms with Crippen molar-refractivity contribution in [1.82, 2.24) is 5.32 Å². The Hall–Kier alpha value is -0.530. The molecule has 1 heterocycles. The predicted octanol–water partition coefficient (Wildman–Crippen LogP) is 2.73. The Labute approximate surface area is 87.5 Å². The third-order valence-corrected chi connectivity index (χ3v) is 3.17. The molecule has 0 bridgehead atoms. The fraction of sp³-hybridized carbons (Fsp3) is 0.917. The van der Waals surface area contributed by atoms with E-state index in [0.29, 0.717) is 5.41 Å². The molecule has 1 aliphatic rings. The number of unbranched alkanes of at least 4 members (excludes halogenated alkanes) is 1. The van der Waals surface area contributed by atoms with Crippen molar-refractivity contribution in [3.8, 4) is 0 Å². The molecule has 2 nitrogen and oxygen atoms in total. The van der Waals surface area contributed by atoms with Crippen molar-refractivity contribution in [3.05, 3.63) is 0 Å². The minimum Gasteiger partial charge on any atom is -0.356 e. The number of hydrogen-bond donors (Lipinski definition) is 1. The Balaban J connectivity index is 2.37. The average molecular weight is 197 g/mol. The maximum Gasteiger partial charge on any atom is 0.223 e. The molecule has 1 amide bonds. The summed E-state index contributed by atoms with van der Waals surface area (Å²) in [5, 5.41) is 2.91. The Morgan fingerprint density at radius 2 is 2.21 bits per heavy atom. The van der Waals surface area contributed by atoms with E-state index in [9.17, 15) is 4.79 Å². The molecule has 1 unspecified atom stereocenters. The van der Waals surface area contributed by atoms with Crippen LogP contribution in [0.2, 0.25) is 0 Å². The van der Waals surface area contributed by atoms with E-state index in [4.69, 9.17) is 0 Å². The largest absolute Gasteiger partial charge is 0.356 e. The lowest BCUT2D eigenvalue weighted by Crippen LogP contribution is -2.24. The number of nitrogens with one attached hydrogen (secondary N) is 1. The zero-order valence-corrected chi connectivity index (χ0v) is 9.73. The van der Waals surface area contributed by atoms with Crippen LogP contribution in [0, 0.1) is 11.3 Å². The van der Waals surface area contributed by atoms with Crippen LogP contribution < -0.4 is 5.32 Å². The van der Waals surface area contributed by atoms with Gasteiger partial charge in [-0.2, -0.15) is 0 Å². The second-order valence-electron chi connectivity index (χ2n) is 5.25. The van der Waals surface area contributed by atoms with Gasteiger partial charge in [0.25, 0.3) is 0 Å². The monoisotopic (exact) mass is 197 g/mol. The van der Waals surface area contributed by atoms with Gasteiger partial charge in [-0.25, -0.2) is 0 Å². The van der Waals surface area contributed by atoms with Crippen LogP contribution in [0.25, 0.3) is 0 Å². The molecule has 0 radical (unpaired) electrons. The Kier molecular flexibility index (Phi) is 3.97. The van der Waals surface area contributed by atoms with Gasteiger partial charge in [0.15, 0.2) is 0 Å². The van der Waals surface area contributed by atoms with Gasteiger partial charge in [0.05, 0.1) is 0 Å². The lowest BCUT2D eigenvalue weighted by atomic mass is 9.78. The zero-order chi connectivity index (χ0) is 10.6. The molecule has 1 N–H and O–H groups in total. The minimum atomic E-state index is 0.273. The molecule has 82 valence electrons. The average Bonchev–Trinajstić information content (AvgIpc) is 2.48. The second kappa shape index (κ2) is 4.81. The van der Waals surface area contributed by atoms with Gasteiger partial charge < -0.3 is 5.32 Å². The zero-order valence-electron chi connectivity index (χ0n) is 9.73. The molecule has 14 heavy (non-hydrogen) atoms. The summed E-state index contributed by atoms with van der Waals surface area (Å²) >= 11 is 0. The van der Waals surface area contributed by atoms with Crippen LogP contribution in [0.3, 0.4) is 0 Å². The van der Waals surface area contributed by atoms with Crippen molar-refractivity contribution in [1.29, 1.82) is 0 Å². The fourth-order valence-electron chi connectivity index (χ4n) is 2.26. The van der Waals surface area contributed by atoms with Crippen molar-refractivity contribution in [2.45, 2.75) is 52.9 Å². The highest BCUT2D eigenvalue weighted by atomic mass is 16.2. The Bertz CT molecular complexity index is 198. The fourth-order valence-corrected chi connectivity index (χ4v) is 2.26. The van der Waals surface area contributed by atoms with Crippen molar-refractivity contribution >= 4 is 5.91 Å². The molecule has 0 aliphatic carbocycles. The Morgan fingerprint density at radius 1 is 1.50 bits per heavy atom. The van der Waals surface area contributed by atoms with Crippen LogP contribution in [-0.2, 0) is 4.79 Å². The van der Waals surface area contributed by atoms with E-state index in [2.05, 4.69) is 26.1 Å².